The summed E-state index contributed by atoms with van der Waals surface area (Å²) in [6.07, 6.45) is 0. The number of halogens is 1. The van der Waals surface area contributed by atoms with Crippen LogP contribution in [0.4, 0.5) is 17.5 Å². The largest absolute Gasteiger partial charge is 0.354 e. The molecule has 0 aliphatic carbocycles. The Bertz CT molecular complexity index is 584. The summed E-state index contributed by atoms with van der Waals surface area (Å²) >= 11 is 3.46. The Labute approximate surface area is 121 Å². The molecule has 2 rings (SSSR count). The van der Waals surface area contributed by atoms with Crippen LogP contribution in [0.2, 0.25) is 0 Å². The standard InChI is InChI=1S/C14H17BrN4/c1-4-16-14-17-10(3)8-13(19-14)18-12-6-5-11(15)7-9(12)2/h5-8H,4H2,1-3H3,(H2,16,17,18,19). The zero-order chi connectivity index (χ0) is 13.8. The topological polar surface area (TPSA) is 49.8 Å². The summed E-state index contributed by atoms with van der Waals surface area (Å²) in [5.41, 5.74) is 3.14. The summed E-state index contributed by atoms with van der Waals surface area (Å²) in [6.45, 7) is 6.85. The normalized spacial score (nSPS) is 10.3. The van der Waals surface area contributed by atoms with Gasteiger partial charge in [-0.3, -0.25) is 0 Å². The Morgan fingerprint density at radius 3 is 2.63 bits per heavy atom. The van der Waals surface area contributed by atoms with E-state index in [1.807, 2.05) is 32.0 Å². The zero-order valence-electron chi connectivity index (χ0n) is 11.3. The van der Waals surface area contributed by atoms with Gasteiger partial charge in [-0.1, -0.05) is 15.9 Å². The van der Waals surface area contributed by atoms with E-state index in [2.05, 4.69) is 49.5 Å². The fourth-order valence-corrected chi connectivity index (χ4v) is 2.25. The fourth-order valence-electron chi connectivity index (χ4n) is 1.78. The van der Waals surface area contributed by atoms with Crippen molar-refractivity contribution in [2.75, 3.05) is 17.2 Å². The summed E-state index contributed by atoms with van der Waals surface area (Å²) < 4.78 is 1.07. The van der Waals surface area contributed by atoms with Crippen LogP contribution in [0.15, 0.2) is 28.7 Å². The Hall–Kier alpha value is -1.62. The van der Waals surface area contributed by atoms with E-state index in [0.717, 1.165) is 33.8 Å². The minimum atomic E-state index is 0.653. The molecule has 0 bridgehead atoms. The van der Waals surface area contributed by atoms with Crippen LogP contribution in [-0.2, 0) is 0 Å². The number of benzene rings is 1. The first kappa shape index (κ1) is 13.8. The van der Waals surface area contributed by atoms with E-state index in [1.54, 1.807) is 0 Å². The van der Waals surface area contributed by atoms with E-state index in [-0.39, 0.29) is 0 Å². The summed E-state index contributed by atoms with van der Waals surface area (Å²) in [4.78, 5) is 8.77. The van der Waals surface area contributed by atoms with Gasteiger partial charge in [0.25, 0.3) is 0 Å². The average molecular weight is 321 g/mol. The molecule has 0 atom stereocenters. The van der Waals surface area contributed by atoms with Crippen LogP contribution in [-0.4, -0.2) is 16.5 Å². The van der Waals surface area contributed by atoms with E-state index in [9.17, 15) is 0 Å². The maximum Gasteiger partial charge on any atom is 0.224 e. The highest BCUT2D eigenvalue weighted by molar-refractivity contribution is 9.10. The summed E-state index contributed by atoms with van der Waals surface area (Å²) in [5.74, 6) is 1.45. The first-order valence-corrected chi connectivity index (χ1v) is 7.00. The molecule has 0 fully saturated rings. The molecule has 1 heterocycles. The maximum absolute atomic E-state index is 4.44. The number of rotatable bonds is 4. The maximum atomic E-state index is 4.44. The third-order valence-electron chi connectivity index (χ3n) is 2.64. The molecule has 0 radical (unpaired) electrons. The van der Waals surface area contributed by atoms with Gasteiger partial charge in [0.15, 0.2) is 0 Å². The Morgan fingerprint density at radius 1 is 1.16 bits per heavy atom. The molecule has 5 heteroatoms. The first-order chi connectivity index (χ1) is 9.08. The third-order valence-corrected chi connectivity index (χ3v) is 3.13. The lowest BCUT2D eigenvalue weighted by atomic mass is 10.2. The first-order valence-electron chi connectivity index (χ1n) is 6.21. The monoisotopic (exact) mass is 320 g/mol. The second kappa shape index (κ2) is 6.02. The van der Waals surface area contributed by atoms with Gasteiger partial charge in [0.1, 0.15) is 5.82 Å². The number of aryl methyl sites for hydroxylation is 2. The molecule has 2 aromatic rings. The molecular weight excluding hydrogens is 304 g/mol. The van der Waals surface area contributed by atoms with E-state index >= 15 is 0 Å². The van der Waals surface area contributed by atoms with Crippen molar-refractivity contribution >= 4 is 33.4 Å². The van der Waals surface area contributed by atoms with E-state index < -0.39 is 0 Å². The molecule has 19 heavy (non-hydrogen) atoms. The SMILES string of the molecule is CCNc1nc(C)cc(Nc2ccc(Br)cc2C)n1. The third kappa shape index (κ3) is 3.67. The predicted molar refractivity (Wildman–Crippen MR) is 83.1 cm³/mol. The van der Waals surface area contributed by atoms with Crippen LogP contribution in [0.25, 0.3) is 0 Å². The van der Waals surface area contributed by atoms with Gasteiger partial charge in [0.2, 0.25) is 5.95 Å². The molecule has 1 aromatic heterocycles. The fraction of sp³-hybridized carbons (Fsp3) is 0.286. The second-order valence-corrected chi connectivity index (χ2v) is 5.25. The average Bonchev–Trinajstić information content (AvgIpc) is 2.32. The molecule has 1 aromatic carbocycles. The number of anilines is 3. The number of hydrogen-bond donors (Lipinski definition) is 2. The van der Waals surface area contributed by atoms with Crippen molar-refractivity contribution < 1.29 is 0 Å². The van der Waals surface area contributed by atoms with Crippen LogP contribution in [0.3, 0.4) is 0 Å². The number of nitrogens with one attached hydrogen (secondary N) is 2. The van der Waals surface area contributed by atoms with Crippen molar-refractivity contribution in [1.29, 1.82) is 0 Å². The number of nitrogens with zero attached hydrogens (tertiary/aromatic N) is 2. The molecule has 0 aliphatic heterocycles. The molecule has 4 nitrogen and oxygen atoms in total. The highest BCUT2D eigenvalue weighted by Crippen LogP contribution is 2.23. The molecule has 0 aliphatic rings. The van der Waals surface area contributed by atoms with Crippen molar-refractivity contribution in [2.24, 2.45) is 0 Å². The van der Waals surface area contributed by atoms with E-state index in [0.29, 0.717) is 5.95 Å². The molecule has 2 N–H and O–H groups in total. The second-order valence-electron chi connectivity index (χ2n) is 4.33. The smallest absolute Gasteiger partial charge is 0.224 e. The summed E-state index contributed by atoms with van der Waals surface area (Å²) in [5, 5.41) is 6.46. The van der Waals surface area contributed by atoms with Gasteiger partial charge in [0.05, 0.1) is 0 Å². The lowest BCUT2D eigenvalue weighted by Crippen LogP contribution is -2.05. The Kier molecular flexibility index (Phi) is 4.37. The van der Waals surface area contributed by atoms with Crippen molar-refractivity contribution in [2.45, 2.75) is 20.8 Å². The van der Waals surface area contributed by atoms with Gasteiger partial charge in [-0.2, -0.15) is 4.98 Å². The van der Waals surface area contributed by atoms with Crippen molar-refractivity contribution in [3.8, 4) is 0 Å². The van der Waals surface area contributed by atoms with E-state index in [1.165, 1.54) is 0 Å². The molecule has 0 amide bonds. The molecule has 100 valence electrons. The van der Waals surface area contributed by atoms with Gasteiger partial charge < -0.3 is 10.6 Å². The van der Waals surface area contributed by atoms with Gasteiger partial charge >= 0.3 is 0 Å². The lowest BCUT2D eigenvalue weighted by Gasteiger charge is -2.11. The minimum absolute atomic E-state index is 0.653. The quantitative estimate of drug-likeness (QED) is 0.892. The summed E-state index contributed by atoms with van der Waals surface area (Å²) in [7, 11) is 0. The Morgan fingerprint density at radius 2 is 1.95 bits per heavy atom. The molecule has 0 unspecified atom stereocenters. The molecule has 0 spiro atoms. The van der Waals surface area contributed by atoms with Crippen LogP contribution >= 0.6 is 15.9 Å². The highest BCUT2D eigenvalue weighted by Gasteiger charge is 2.04. The Balaban J connectivity index is 2.27. The van der Waals surface area contributed by atoms with Crippen molar-refractivity contribution in [3.05, 3.63) is 40.0 Å². The number of aromatic nitrogens is 2. The van der Waals surface area contributed by atoms with Gasteiger partial charge in [-0.25, -0.2) is 4.98 Å². The van der Waals surface area contributed by atoms with Crippen molar-refractivity contribution in [3.63, 3.8) is 0 Å². The van der Waals surface area contributed by atoms with E-state index in [4.69, 9.17) is 0 Å². The van der Waals surface area contributed by atoms with Crippen molar-refractivity contribution in [1.82, 2.24) is 9.97 Å². The highest BCUT2D eigenvalue weighted by atomic mass is 79.9. The van der Waals surface area contributed by atoms with Gasteiger partial charge in [-0.15, -0.1) is 0 Å². The molecule has 0 saturated heterocycles. The van der Waals surface area contributed by atoms with Gasteiger partial charge in [-0.05, 0) is 44.5 Å². The zero-order valence-corrected chi connectivity index (χ0v) is 12.9. The lowest BCUT2D eigenvalue weighted by molar-refractivity contribution is 1.05. The predicted octanol–water partition coefficient (Wildman–Crippen LogP) is 4.03. The van der Waals surface area contributed by atoms with Crippen LogP contribution < -0.4 is 10.6 Å². The molecule has 0 saturated carbocycles. The van der Waals surface area contributed by atoms with Crippen LogP contribution in [0, 0.1) is 13.8 Å². The van der Waals surface area contributed by atoms with Crippen LogP contribution in [0.1, 0.15) is 18.2 Å². The minimum Gasteiger partial charge on any atom is -0.354 e. The van der Waals surface area contributed by atoms with Crippen LogP contribution in [0.5, 0.6) is 0 Å². The molecular formula is C14H17BrN4. The van der Waals surface area contributed by atoms with Gasteiger partial charge in [0, 0.05) is 28.5 Å². The summed E-state index contributed by atoms with van der Waals surface area (Å²) in [6, 6.07) is 8.04. The number of hydrogen-bond acceptors (Lipinski definition) is 4.